The monoisotopic (exact) mass is 187 g/mol. The van der Waals surface area contributed by atoms with Crippen molar-refractivity contribution in [3.63, 3.8) is 0 Å². The van der Waals surface area contributed by atoms with Crippen LogP contribution in [0.3, 0.4) is 0 Å². The smallest absolute Gasteiger partial charge is 0.449 e. The van der Waals surface area contributed by atoms with Gasteiger partial charge in [-0.2, -0.15) is 0 Å². The molecule has 5 heteroatoms. The van der Waals surface area contributed by atoms with Crippen LogP contribution in [0, 0.1) is 0 Å². The average Bonchev–Trinajstić information content (AvgIpc) is 1.96. The summed E-state index contributed by atoms with van der Waals surface area (Å²) in [5, 5.41) is 8.60. The average molecular weight is 188 g/mol. The van der Waals surface area contributed by atoms with Gasteiger partial charge in [0.15, 0.2) is 0 Å². The highest BCUT2D eigenvalue weighted by atomic mass is 35.5. The summed E-state index contributed by atoms with van der Waals surface area (Å²) in [6, 6.07) is 4.23. The first-order valence-corrected chi connectivity index (χ1v) is 3.43. The number of rotatable bonds is 1. The Balaban J connectivity index is 2.89. The molecule has 64 valence electrons. The number of hydrogen-bond donors (Lipinski definition) is 2. The molecule has 0 saturated heterocycles. The van der Waals surface area contributed by atoms with E-state index in [2.05, 4.69) is 4.74 Å². The third-order valence-corrected chi connectivity index (χ3v) is 1.52. The first-order chi connectivity index (χ1) is 5.59. The van der Waals surface area contributed by atoms with Crippen LogP contribution in [0.2, 0.25) is 5.02 Å². The summed E-state index contributed by atoms with van der Waals surface area (Å²) in [7, 11) is 0. The minimum Gasteiger partial charge on any atom is -0.449 e. The number of benzene rings is 1. The third kappa shape index (κ3) is 2.03. The maximum Gasteiger partial charge on any atom is 0.511 e. The molecule has 0 bridgehead atoms. The second kappa shape index (κ2) is 3.32. The van der Waals surface area contributed by atoms with Crippen molar-refractivity contribution in [3.8, 4) is 5.75 Å². The van der Waals surface area contributed by atoms with Gasteiger partial charge in [-0.1, -0.05) is 11.6 Å². The van der Waals surface area contributed by atoms with Gasteiger partial charge in [0.25, 0.3) is 0 Å². The summed E-state index contributed by atoms with van der Waals surface area (Å²) < 4.78 is 4.33. The van der Waals surface area contributed by atoms with Crippen molar-refractivity contribution in [1.29, 1.82) is 0 Å². The molecule has 4 nitrogen and oxygen atoms in total. The SMILES string of the molecule is Nc1cc(OC(=O)O)ccc1Cl. The number of ether oxygens (including phenoxy) is 1. The standard InChI is InChI=1S/C7H6ClNO3/c8-5-2-1-4(3-6(5)9)12-7(10)11/h1-3H,9H2,(H,10,11). The maximum atomic E-state index is 10.1. The van der Waals surface area contributed by atoms with E-state index in [-0.39, 0.29) is 11.4 Å². The normalized spacial score (nSPS) is 9.42. The molecule has 0 unspecified atom stereocenters. The van der Waals surface area contributed by atoms with Gasteiger partial charge in [-0.3, -0.25) is 0 Å². The van der Waals surface area contributed by atoms with Crippen molar-refractivity contribution < 1.29 is 14.6 Å². The fraction of sp³-hybridized carbons (Fsp3) is 0. The first-order valence-electron chi connectivity index (χ1n) is 3.05. The van der Waals surface area contributed by atoms with Crippen molar-refractivity contribution in [2.45, 2.75) is 0 Å². The topological polar surface area (TPSA) is 72.5 Å². The van der Waals surface area contributed by atoms with Gasteiger partial charge in [0.2, 0.25) is 0 Å². The lowest BCUT2D eigenvalue weighted by atomic mass is 10.3. The molecule has 1 aromatic rings. The molecule has 12 heavy (non-hydrogen) atoms. The second-order valence-electron chi connectivity index (χ2n) is 2.05. The van der Waals surface area contributed by atoms with Gasteiger partial charge in [0.1, 0.15) is 5.75 Å². The Labute approximate surface area is 73.5 Å². The quantitative estimate of drug-likeness (QED) is 0.401. The molecule has 0 fully saturated rings. The van der Waals surface area contributed by atoms with Gasteiger partial charge in [-0.25, -0.2) is 4.79 Å². The Morgan fingerprint density at radius 1 is 1.58 bits per heavy atom. The molecule has 3 N–H and O–H groups in total. The van der Waals surface area contributed by atoms with Gasteiger partial charge < -0.3 is 15.6 Å². The summed E-state index contributed by atoms with van der Waals surface area (Å²) in [6.07, 6.45) is -1.38. The van der Waals surface area contributed by atoms with Gasteiger partial charge in [0.05, 0.1) is 10.7 Å². The second-order valence-corrected chi connectivity index (χ2v) is 2.46. The number of nitrogens with two attached hydrogens (primary N) is 1. The third-order valence-electron chi connectivity index (χ3n) is 1.17. The zero-order valence-electron chi connectivity index (χ0n) is 5.95. The van der Waals surface area contributed by atoms with E-state index in [4.69, 9.17) is 22.4 Å². The summed E-state index contributed by atoms with van der Waals surface area (Å²) >= 11 is 5.59. The molecule has 0 saturated carbocycles. The van der Waals surface area contributed by atoms with Crippen LogP contribution in [0.4, 0.5) is 10.5 Å². The number of nitrogen functional groups attached to an aromatic ring is 1. The molecular formula is C7H6ClNO3. The highest BCUT2D eigenvalue weighted by Crippen LogP contribution is 2.23. The Hall–Kier alpha value is -1.42. The Kier molecular flexibility index (Phi) is 2.40. The Bertz CT molecular complexity index is 314. The minimum absolute atomic E-state index is 0.157. The van der Waals surface area contributed by atoms with Crippen LogP contribution in [-0.2, 0) is 0 Å². The molecule has 0 spiro atoms. The van der Waals surface area contributed by atoms with Crippen LogP contribution in [0.1, 0.15) is 0 Å². The van der Waals surface area contributed by atoms with Crippen molar-refractivity contribution >= 4 is 23.4 Å². The predicted octanol–water partition coefficient (Wildman–Crippen LogP) is 1.98. The molecular weight excluding hydrogens is 182 g/mol. The lowest BCUT2D eigenvalue weighted by Gasteiger charge is -2.01. The predicted molar refractivity (Wildman–Crippen MR) is 44.5 cm³/mol. The minimum atomic E-state index is -1.38. The summed E-state index contributed by atoms with van der Waals surface area (Å²) in [6.45, 7) is 0. The zero-order valence-corrected chi connectivity index (χ0v) is 6.71. The van der Waals surface area contributed by atoms with Crippen molar-refractivity contribution in [2.24, 2.45) is 0 Å². The van der Waals surface area contributed by atoms with E-state index in [1.807, 2.05) is 0 Å². The lowest BCUT2D eigenvalue weighted by molar-refractivity contribution is 0.144. The molecule has 0 heterocycles. The van der Waals surface area contributed by atoms with Gasteiger partial charge >= 0.3 is 6.16 Å². The zero-order chi connectivity index (χ0) is 9.14. The van der Waals surface area contributed by atoms with Crippen molar-refractivity contribution in [3.05, 3.63) is 23.2 Å². The number of halogens is 1. The summed E-state index contributed by atoms with van der Waals surface area (Å²) in [4.78, 5) is 10.1. The van der Waals surface area contributed by atoms with E-state index >= 15 is 0 Å². The van der Waals surface area contributed by atoms with Crippen molar-refractivity contribution in [1.82, 2.24) is 0 Å². The highest BCUT2D eigenvalue weighted by Gasteiger charge is 2.02. The molecule has 0 radical (unpaired) electrons. The van der Waals surface area contributed by atoms with E-state index < -0.39 is 6.16 Å². The number of carbonyl (C=O) groups is 1. The summed E-state index contributed by atoms with van der Waals surface area (Å²) in [5.41, 5.74) is 5.68. The van der Waals surface area contributed by atoms with Crippen LogP contribution in [0.5, 0.6) is 5.75 Å². The molecule has 0 aliphatic carbocycles. The van der Waals surface area contributed by atoms with Gasteiger partial charge in [-0.15, -0.1) is 0 Å². The van der Waals surface area contributed by atoms with Crippen LogP contribution in [-0.4, -0.2) is 11.3 Å². The molecule has 1 aromatic carbocycles. The van der Waals surface area contributed by atoms with Gasteiger partial charge in [-0.05, 0) is 12.1 Å². The molecule has 0 atom stereocenters. The fourth-order valence-corrected chi connectivity index (χ4v) is 0.804. The largest absolute Gasteiger partial charge is 0.511 e. The molecule has 1 rings (SSSR count). The van der Waals surface area contributed by atoms with E-state index in [0.29, 0.717) is 5.02 Å². The van der Waals surface area contributed by atoms with Crippen LogP contribution < -0.4 is 10.5 Å². The molecule has 0 aromatic heterocycles. The fourth-order valence-electron chi connectivity index (χ4n) is 0.686. The van der Waals surface area contributed by atoms with E-state index in [9.17, 15) is 4.79 Å². The number of hydrogen-bond acceptors (Lipinski definition) is 3. The Morgan fingerprint density at radius 2 is 2.25 bits per heavy atom. The van der Waals surface area contributed by atoms with Crippen molar-refractivity contribution in [2.75, 3.05) is 5.73 Å². The van der Waals surface area contributed by atoms with Crippen LogP contribution in [0.25, 0.3) is 0 Å². The first kappa shape index (κ1) is 8.67. The molecule has 0 amide bonds. The lowest BCUT2D eigenvalue weighted by Crippen LogP contribution is -2.03. The van der Waals surface area contributed by atoms with Gasteiger partial charge in [0, 0.05) is 6.07 Å². The van der Waals surface area contributed by atoms with E-state index in [1.165, 1.54) is 18.2 Å². The molecule has 0 aliphatic rings. The maximum absolute atomic E-state index is 10.1. The highest BCUT2D eigenvalue weighted by molar-refractivity contribution is 6.33. The molecule has 0 aliphatic heterocycles. The van der Waals surface area contributed by atoms with Crippen LogP contribution in [0.15, 0.2) is 18.2 Å². The van der Waals surface area contributed by atoms with E-state index in [1.54, 1.807) is 0 Å². The Morgan fingerprint density at radius 3 is 2.75 bits per heavy atom. The summed E-state index contributed by atoms with van der Waals surface area (Å²) in [5.74, 6) is 0.157. The number of carboxylic acid groups (broad SMARTS) is 1. The van der Waals surface area contributed by atoms with Crippen LogP contribution >= 0.6 is 11.6 Å². The van der Waals surface area contributed by atoms with E-state index in [0.717, 1.165) is 0 Å². The number of anilines is 1.